The Kier molecular flexibility index (Phi) is 3.48. The second kappa shape index (κ2) is 5.12. The fourth-order valence-electron chi connectivity index (χ4n) is 2.38. The summed E-state index contributed by atoms with van der Waals surface area (Å²) in [5, 5.41) is 6.89. The molecule has 0 aliphatic carbocycles. The van der Waals surface area contributed by atoms with E-state index < -0.39 is 0 Å². The third-order valence-electron chi connectivity index (χ3n) is 3.27. The molecule has 0 spiro atoms. The van der Waals surface area contributed by atoms with Crippen molar-refractivity contribution in [2.45, 2.75) is 13.0 Å². The Labute approximate surface area is 124 Å². The molecule has 0 amide bonds. The first-order valence-corrected chi connectivity index (χ1v) is 7.76. The van der Waals surface area contributed by atoms with E-state index in [1.165, 1.54) is 21.2 Å². The van der Waals surface area contributed by atoms with Gasteiger partial charge in [0, 0.05) is 14.7 Å². The zero-order chi connectivity index (χ0) is 13.4. The molecule has 2 heterocycles. The molecule has 0 aliphatic rings. The predicted molar refractivity (Wildman–Crippen MR) is 83.9 cm³/mol. The molecule has 1 aromatic carbocycles. The van der Waals surface area contributed by atoms with E-state index in [0.29, 0.717) is 0 Å². The van der Waals surface area contributed by atoms with Crippen LogP contribution in [0.25, 0.3) is 10.1 Å². The average molecular weight is 336 g/mol. The van der Waals surface area contributed by atoms with Gasteiger partial charge in [-0.05, 0) is 58.4 Å². The first-order chi connectivity index (χ1) is 9.20. The van der Waals surface area contributed by atoms with Gasteiger partial charge < -0.3 is 9.73 Å². The van der Waals surface area contributed by atoms with Crippen LogP contribution in [-0.4, -0.2) is 7.05 Å². The highest BCUT2D eigenvalue weighted by Gasteiger charge is 2.18. The molecule has 2 nitrogen and oxygen atoms in total. The lowest BCUT2D eigenvalue weighted by molar-refractivity contribution is 0.528. The highest BCUT2D eigenvalue weighted by Crippen LogP contribution is 2.37. The van der Waals surface area contributed by atoms with Gasteiger partial charge in [0.15, 0.2) is 0 Å². The maximum atomic E-state index is 5.44. The van der Waals surface area contributed by atoms with Crippen LogP contribution >= 0.6 is 27.3 Å². The molecular formula is C15H14BrNOS. The van der Waals surface area contributed by atoms with Crippen LogP contribution < -0.4 is 5.32 Å². The van der Waals surface area contributed by atoms with Gasteiger partial charge in [0.1, 0.15) is 5.76 Å². The highest BCUT2D eigenvalue weighted by atomic mass is 79.9. The molecule has 3 aromatic rings. The lowest BCUT2D eigenvalue weighted by Crippen LogP contribution is -2.16. The van der Waals surface area contributed by atoms with Gasteiger partial charge in [0.05, 0.1) is 12.3 Å². The number of thiophene rings is 1. The molecule has 0 fully saturated rings. The average Bonchev–Trinajstić information content (AvgIpc) is 2.99. The van der Waals surface area contributed by atoms with Gasteiger partial charge >= 0.3 is 0 Å². The molecule has 4 heteroatoms. The second-order valence-electron chi connectivity index (χ2n) is 4.52. The van der Waals surface area contributed by atoms with Crippen molar-refractivity contribution in [3.63, 3.8) is 0 Å². The summed E-state index contributed by atoms with van der Waals surface area (Å²) in [6, 6.07) is 8.58. The monoisotopic (exact) mass is 335 g/mol. The smallest absolute Gasteiger partial charge is 0.101 e. The van der Waals surface area contributed by atoms with Crippen LogP contribution in [0, 0.1) is 6.92 Å². The summed E-state index contributed by atoms with van der Waals surface area (Å²) >= 11 is 5.38. The number of hydrogen-bond acceptors (Lipinski definition) is 3. The van der Waals surface area contributed by atoms with Gasteiger partial charge in [-0.1, -0.05) is 12.1 Å². The Balaban J connectivity index is 2.14. The number of rotatable bonds is 3. The van der Waals surface area contributed by atoms with Crippen molar-refractivity contribution in [3.8, 4) is 0 Å². The number of aryl methyl sites for hydroxylation is 1. The van der Waals surface area contributed by atoms with Gasteiger partial charge in [-0.15, -0.1) is 11.3 Å². The SMILES string of the molecule is CNC(c1coc(C)c1)c1csc2c(Br)cccc12. The van der Waals surface area contributed by atoms with E-state index >= 15 is 0 Å². The van der Waals surface area contributed by atoms with E-state index in [-0.39, 0.29) is 6.04 Å². The van der Waals surface area contributed by atoms with Crippen LogP contribution in [0.2, 0.25) is 0 Å². The molecule has 19 heavy (non-hydrogen) atoms. The van der Waals surface area contributed by atoms with E-state index in [0.717, 1.165) is 10.2 Å². The Morgan fingerprint density at radius 1 is 1.37 bits per heavy atom. The van der Waals surface area contributed by atoms with Crippen LogP contribution in [-0.2, 0) is 0 Å². The number of hydrogen-bond donors (Lipinski definition) is 1. The quantitative estimate of drug-likeness (QED) is 0.738. The first kappa shape index (κ1) is 12.9. The summed E-state index contributed by atoms with van der Waals surface area (Å²) in [7, 11) is 1.98. The molecule has 0 aliphatic heterocycles. The molecule has 0 bridgehead atoms. The van der Waals surface area contributed by atoms with Gasteiger partial charge in [-0.3, -0.25) is 0 Å². The van der Waals surface area contributed by atoms with Crippen molar-refractivity contribution in [2.75, 3.05) is 7.05 Å². The molecule has 1 unspecified atom stereocenters. The van der Waals surface area contributed by atoms with Crippen LogP contribution in [0.3, 0.4) is 0 Å². The molecule has 0 saturated heterocycles. The fourth-order valence-corrected chi connectivity index (χ4v) is 4.03. The Morgan fingerprint density at radius 3 is 2.89 bits per heavy atom. The summed E-state index contributed by atoms with van der Waals surface area (Å²) < 4.78 is 7.88. The minimum absolute atomic E-state index is 0.167. The lowest BCUT2D eigenvalue weighted by Gasteiger charge is -2.13. The Hall–Kier alpha value is -1.10. The fraction of sp³-hybridized carbons (Fsp3) is 0.200. The number of nitrogens with one attached hydrogen (secondary N) is 1. The van der Waals surface area contributed by atoms with Crippen molar-refractivity contribution in [3.05, 3.63) is 57.3 Å². The lowest BCUT2D eigenvalue weighted by atomic mass is 10.0. The Bertz CT molecular complexity index is 716. The summed E-state index contributed by atoms with van der Waals surface area (Å²) in [6.45, 7) is 1.97. The molecular weight excluding hydrogens is 322 g/mol. The molecule has 2 aromatic heterocycles. The normalized spacial score (nSPS) is 13.0. The van der Waals surface area contributed by atoms with Gasteiger partial charge in [0.2, 0.25) is 0 Å². The van der Waals surface area contributed by atoms with Crippen LogP contribution in [0.4, 0.5) is 0 Å². The molecule has 0 radical (unpaired) electrons. The molecule has 1 atom stereocenters. The number of benzene rings is 1. The molecule has 98 valence electrons. The second-order valence-corrected chi connectivity index (χ2v) is 6.25. The summed E-state index contributed by atoms with van der Waals surface area (Å²) in [5.41, 5.74) is 2.46. The standard InChI is InChI=1S/C15H14BrNOS/c1-9-6-10(7-18-9)14(17-2)12-8-19-15-11(12)4-3-5-13(15)16/h3-8,14,17H,1-2H3. The van der Waals surface area contributed by atoms with Crippen LogP contribution in [0.5, 0.6) is 0 Å². The largest absolute Gasteiger partial charge is 0.469 e. The van der Waals surface area contributed by atoms with Gasteiger partial charge in [0.25, 0.3) is 0 Å². The zero-order valence-corrected chi connectivity index (χ0v) is 13.1. The van der Waals surface area contributed by atoms with Crippen molar-refractivity contribution in [2.24, 2.45) is 0 Å². The predicted octanol–water partition coefficient (Wildman–Crippen LogP) is 4.87. The maximum Gasteiger partial charge on any atom is 0.101 e. The van der Waals surface area contributed by atoms with E-state index in [9.17, 15) is 0 Å². The zero-order valence-electron chi connectivity index (χ0n) is 10.7. The van der Waals surface area contributed by atoms with Gasteiger partial charge in [-0.2, -0.15) is 0 Å². The molecule has 3 rings (SSSR count). The van der Waals surface area contributed by atoms with Gasteiger partial charge in [-0.25, -0.2) is 0 Å². The van der Waals surface area contributed by atoms with Crippen LogP contribution in [0.1, 0.15) is 22.9 Å². The molecule has 1 N–H and O–H groups in total. The number of fused-ring (bicyclic) bond motifs is 1. The molecule has 0 saturated carbocycles. The Morgan fingerprint density at radius 2 is 2.21 bits per heavy atom. The van der Waals surface area contributed by atoms with Crippen molar-refractivity contribution in [1.29, 1.82) is 0 Å². The van der Waals surface area contributed by atoms with E-state index in [4.69, 9.17) is 4.42 Å². The minimum Gasteiger partial charge on any atom is -0.469 e. The summed E-state index contributed by atoms with van der Waals surface area (Å²) in [5.74, 6) is 0.941. The first-order valence-electron chi connectivity index (χ1n) is 6.08. The van der Waals surface area contributed by atoms with Crippen molar-refractivity contribution in [1.82, 2.24) is 5.32 Å². The van der Waals surface area contributed by atoms with E-state index in [1.54, 1.807) is 11.3 Å². The third-order valence-corrected chi connectivity index (χ3v) is 5.24. The highest BCUT2D eigenvalue weighted by molar-refractivity contribution is 9.10. The number of halogens is 1. The minimum atomic E-state index is 0.167. The summed E-state index contributed by atoms with van der Waals surface area (Å²) in [4.78, 5) is 0. The van der Waals surface area contributed by atoms with Crippen molar-refractivity contribution < 1.29 is 4.42 Å². The topological polar surface area (TPSA) is 25.2 Å². The maximum absolute atomic E-state index is 5.44. The number of furan rings is 1. The van der Waals surface area contributed by atoms with E-state index in [2.05, 4.69) is 50.9 Å². The van der Waals surface area contributed by atoms with E-state index in [1.807, 2.05) is 20.2 Å². The summed E-state index contributed by atoms with van der Waals surface area (Å²) in [6.07, 6.45) is 1.83. The van der Waals surface area contributed by atoms with Crippen LogP contribution in [0.15, 0.2) is 44.8 Å². The van der Waals surface area contributed by atoms with Crippen molar-refractivity contribution >= 4 is 37.4 Å². The third kappa shape index (κ3) is 2.24.